The summed E-state index contributed by atoms with van der Waals surface area (Å²) in [5.41, 5.74) is 0. The van der Waals surface area contributed by atoms with Gasteiger partial charge in [-0.05, 0) is 31.1 Å². The molecule has 8 heavy (non-hydrogen) atoms. The molecule has 2 aliphatic carbocycles. The molecule has 3 fully saturated rings. The lowest BCUT2D eigenvalue weighted by molar-refractivity contribution is 0.546. The normalized spacial score (nSPS) is 66.0. The fourth-order valence-electron chi connectivity index (χ4n) is 2.54. The minimum atomic E-state index is 1.16. The Labute approximate surface area is 54.0 Å². The zero-order valence-corrected chi connectivity index (χ0v) is 5.66. The number of rotatable bonds is 0. The van der Waals surface area contributed by atoms with E-state index in [0.29, 0.717) is 0 Å². The van der Waals surface area contributed by atoms with Crippen LogP contribution in [0.15, 0.2) is 0 Å². The molecule has 0 amide bonds. The number of fused-ring (bicyclic) bond motifs is 5. The second-order valence-electron chi connectivity index (χ2n) is 3.40. The first kappa shape index (κ1) is 4.21. The van der Waals surface area contributed by atoms with Crippen LogP contribution >= 0.6 is 11.8 Å². The molecular formula is C7H10S. The van der Waals surface area contributed by atoms with E-state index >= 15 is 0 Å². The Bertz CT molecular complexity index is 118. The van der Waals surface area contributed by atoms with Crippen LogP contribution in [-0.2, 0) is 0 Å². The van der Waals surface area contributed by atoms with Crippen LogP contribution in [0, 0.1) is 11.8 Å². The summed E-state index contributed by atoms with van der Waals surface area (Å²) in [7, 11) is 0. The van der Waals surface area contributed by atoms with Gasteiger partial charge in [-0.3, -0.25) is 0 Å². The molecule has 1 aliphatic heterocycles. The molecule has 0 aromatic rings. The summed E-state index contributed by atoms with van der Waals surface area (Å²) in [5, 5.41) is 2.32. The Balaban J connectivity index is 2.02. The zero-order chi connectivity index (χ0) is 5.14. The second-order valence-corrected chi connectivity index (χ2v) is 4.76. The van der Waals surface area contributed by atoms with Crippen molar-refractivity contribution in [3.63, 3.8) is 0 Å². The van der Waals surface area contributed by atoms with E-state index < -0.39 is 0 Å². The highest BCUT2D eigenvalue weighted by atomic mass is 32.2. The lowest BCUT2D eigenvalue weighted by Gasteiger charge is -2.02. The Kier molecular flexibility index (Phi) is 0.584. The van der Waals surface area contributed by atoms with Crippen molar-refractivity contribution < 1.29 is 0 Å². The van der Waals surface area contributed by atoms with E-state index in [2.05, 4.69) is 11.8 Å². The molecule has 2 unspecified atom stereocenters. The molecule has 2 bridgehead atoms. The zero-order valence-electron chi connectivity index (χ0n) is 4.84. The van der Waals surface area contributed by atoms with Gasteiger partial charge in [-0.2, -0.15) is 11.8 Å². The van der Waals surface area contributed by atoms with Crippen LogP contribution in [0.5, 0.6) is 0 Å². The van der Waals surface area contributed by atoms with Gasteiger partial charge in [0.15, 0.2) is 0 Å². The molecule has 1 saturated heterocycles. The summed E-state index contributed by atoms with van der Waals surface area (Å²) >= 11 is 2.26. The van der Waals surface area contributed by atoms with Crippen LogP contribution in [0.1, 0.15) is 19.3 Å². The third kappa shape index (κ3) is 0.333. The van der Waals surface area contributed by atoms with Crippen LogP contribution in [0.3, 0.4) is 0 Å². The quantitative estimate of drug-likeness (QED) is 0.447. The Morgan fingerprint density at radius 3 is 2.00 bits per heavy atom. The topological polar surface area (TPSA) is 0 Å². The van der Waals surface area contributed by atoms with Gasteiger partial charge in [-0.1, -0.05) is 0 Å². The van der Waals surface area contributed by atoms with Crippen LogP contribution in [0.2, 0.25) is 0 Å². The molecule has 3 aliphatic rings. The molecule has 0 aromatic heterocycles. The highest BCUT2D eigenvalue weighted by Gasteiger charge is 2.58. The first-order valence-electron chi connectivity index (χ1n) is 3.60. The van der Waals surface area contributed by atoms with E-state index in [0.717, 1.165) is 10.5 Å². The minimum Gasteiger partial charge on any atom is -0.152 e. The minimum absolute atomic E-state index is 1.16. The van der Waals surface area contributed by atoms with Crippen molar-refractivity contribution >= 4 is 11.8 Å². The van der Waals surface area contributed by atoms with Crippen molar-refractivity contribution in [2.75, 3.05) is 0 Å². The molecule has 1 heteroatoms. The van der Waals surface area contributed by atoms with Gasteiger partial charge < -0.3 is 0 Å². The SMILES string of the molecule is C1C[C@H]2C[C@@H]1C1SC12. The van der Waals surface area contributed by atoms with Crippen LogP contribution in [0.4, 0.5) is 0 Å². The first-order chi connectivity index (χ1) is 3.95. The van der Waals surface area contributed by atoms with E-state index in [9.17, 15) is 0 Å². The average Bonchev–Trinajstić information content (AvgIpc) is 2.39. The fraction of sp³-hybridized carbons (Fsp3) is 1.00. The average molecular weight is 126 g/mol. The van der Waals surface area contributed by atoms with Crippen molar-refractivity contribution in [2.24, 2.45) is 11.8 Å². The van der Waals surface area contributed by atoms with Crippen molar-refractivity contribution in [2.45, 2.75) is 29.8 Å². The standard InChI is InChI=1S/C7H10S/c1-2-5-3-4(1)6-7(5)8-6/h4-7H,1-3H2/t4-,5+,6?,7?. The molecular weight excluding hydrogens is 116 g/mol. The van der Waals surface area contributed by atoms with Crippen LogP contribution in [-0.4, -0.2) is 10.5 Å². The van der Waals surface area contributed by atoms with Crippen molar-refractivity contribution in [1.29, 1.82) is 0 Å². The van der Waals surface area contributed by atoms with E-state index in [1.165, 1.54) is 11.8 Å². The van der Waals surface area contributed by atoms with Gasteiger partial charge in [-0.15, -0.1) is 0 Å². The number of thioether (sulfide) groups is 1. The molecule has 4 atom stereocenters. The van der Waals surface area contributed by atoms with Gasteiger partial charge in [0.05, 0.1) is 0 Å². The van der Waals surface area contributed by atoms with Gasteiger partial charge in [0.2, 0.25) is 0 Å². The smallest absolute Gasteiger partial charge is 0.0200 e. The Morgan fingerprint density at radius 1 is 1.00 bits per heavy atom. The molecule has 44 valence electrons. The highest BCUT2D eigenvalue weighted by molar-refractivity contribution is 8.07. The number of hydrogen-bond donors (Lipinski definition) is 0. The molecule has 1 heterocycles. The van der Waals surface area contributed by atoms with Crippen molar-refractivity contribution in [3.8, 4) is 0 Å². The first-order valence-corrected chi connectivity index (χ1v) is 4.55. The Hall–Kier alpha value is 0.350. The maximum atomic E-state index is 2.26. The van der Waals surface area contributed by atoms with Gasteiger partial charge in [0.25, 0.3) is 0 Å². The molecule has 0 nitrogen and oxygen atoms in total. The van der Waals surface area contributed by atoms with Crippen LogP contribution in [0.25, 0.3) is 0 Å². The van der Waals surface area contributed by atoms with Gasteiger partial charge >= 0.3 is 0 Å². The summed E-state index contributed by atoms with van der Waals surface area (Å²) in [6, 6.07) is 0. The predicted molar refractivity (Wildman–Crippen MR) is 36.0 cm³/mol. The van der Waals surface area contributed by atoms with Gasteiger partial charge in [0, 0.05) is 10.5 Å². The molecule has 0 N–H and O–H groups in total. The molecule has 2 saturated carbocycles. The summed E-state index contributed by atoms with van der Waals surface area (Å²) in [6.07, 6.45) is 4.74. The highest BCUT2D eigenvalue weighted by Crippen LogP contribution is 2.65. The predicted octanol–water partition coefficient (Wildman–Crippen LogP) is 1.90. The van der Waals surface area contributed by atoms with Crippen LogP contribution < -0.4 is 0 Å². The third-order valence-electron chi connectivity index (χ3n) is 3.00. The van der Waals surface area contributed by atoms with Gasteiger partial charge in [0.1, 0.15) is 0 Å². The number of hydrogen-bond acceptors (Lipinski definition) is 1. The fourth-order valence-corrected chi connectivity index (χ4v) is 4.20. The second kappa shape index (κ2) is 1.11. The molecule has 3 rings (SSSR count). The van der Waals surface area contributed by atoms with Gasteiger partial charge in [-0.25, -0.2) is 0 Å². The van der Waals surface area contributed by atoms with E-state index in [1.807, 2.05) is 0 Å². The lowest BCUT2D eigenvalue weighted by atomic mass is 10.0. The lowest BCUT2D eigenvalue weighted by Crippen LogP contribution is -2.04. The van der Waals surface area contributed by atoms with E-state index in [1.54, 1.807) is 19.3 Å². The molecule has 0 spiro atoms. The molecule has 0 aromatic carbocycles. The summed E-state index contributed by atoms with van der Waals surface area (Å²) in [6.45, 7) is 0. The monoisotopic (exact) mass is 126 g/mol. The maximum Gasteiger partial charge on any atom is 0.0200 e. The maximum absolute atomic E-state index is 2.26. The van der Waals surface area contributed by atoms with E-state index in [-0.39, 0.29) is 0 Å². The summed E-state index contributed by atoms with van der Waals surface area (Å²) in [5.74, 6) is 2.35. The third-order valence-corrected chi connectivity index (χ3v) is 4.67. The summed E-state index contributed by atoms with van der Waals surface area (Å²) < 4.78 is 0. The Morgan fingerprint density at radius 2 is 1.62 bits per heavy atom. The van der Waals surface area contributed by atoms with Crippen molar-refractivity contribution in [3.05, 3.63) is 0 Å². The molecule has 0 radical (unpaired) electrons. The van der Waals surface area contributed by atoms with Crippen molar-refractivity contribution in [1.82, 2.24) is 0 Å². The van der Waals surface area contributed by atoms with E-state index in [4.69, 9.17) is 0 Å². The summed E-state index contributed by atoms with van der Waals surface area (Å²) in [4.78, 5) is 0. The largest absolute Gasteiger partial charge is 0.152 e.